The maximum Gasteiger partial charge on any atom is 0.220 e. The Morgan fingerprint density at radius 2 is 2.33 bits per heavy atom. The van der Waals surface area contributed by atoms with E-state index in [2.05, 4.69) is 12.2 Å². The maximum atomic E-state index is 11.1. The lowest BCUT2D eigenvalue weighted by molar-refractivity contribution is -0.119. The molecule has 2 fully saturated rings. The Labute approximate surface area is 72.2 Å². The predicted molar refractivity (Wildman–Crippen MR) is 44.5 cm³/mol. The SMILES string of the molecule is CC1(C2CC(=O)N[C@@H]2CO)CC1. The van der Waals surface area contributed by atoms with Crippen LogP contribution >= 0.6 is 0 Å². The van der Waals surface area contributed by atoms with E-state index in [1.54, 1.807) is 0 Å². The zero-order chi connectivity index (χ0) is 8.77. The van der Waals surface area contributed by atoms with E-state index in [1.807, 2.05) is 0 Å². The number of aliphatic hydroxyl groups excluding tert-OH is 1. The standard InChI is InChI=1S/C9H15NO2/c1-9(2-3-9)6-4-8(12)10-7(6)5-11/h6-7,11H,2-5H2,1H3,(H,10,12)/t6?,7-/m1/s1. The van der Waals surface area contributed by atoms with Crippen molar-refractivity contribution in [3.8, 4) is 0 Å². The summed E-state index contributed by atoms with van der Waals surface area (Å²) in [6, 6.07) is 0.0185. The molecule has 2 rings (SSSR count). The maximum absolute atomic E-state index is 11.1. The van der Waals surface area contributed by atoms with Crippen LogP contribution in [0.15, 0.2) is 0 Å². The average Bonchev–Trinajstić information content (AvgIpc) is 2.64. The van der Waals surface area contributed by atoms with E-state index in [0.29, 0.717) is 17.8 Å². The van der Waals surface area contributed by atoms with E-state index in [4.69, 9.17) is 5.11 Å². The summed E-state index contributed by atoms with van der Waals surface area (Å²) in [5.74, 6) is 0.474. The molecule has 1 saturated carbocycles. The molecular formula is C9H15NO2. The third-order valence-corrected chi connectivity index (χ3v) is 3.37. The number of aliphatic hydroxyl groups is 1. The van der Waals surface area contributed by atoms with Crippen LogP contribution in [0, 0.1) is 11.3 Å². The topological polar surface area (TPSA) is 49.3 Å². The first-order chi connectivity index (χ1) is 5.65. The fraction of sp³-hybridized carbons (Fsp3) is 0.889. The molecule has 2 N–H and O–H groups in total. The average molecular weight is 169 g/mol. The van der Waals surface area contributed by atoms with Gasteiger partial charge in [-0.1, -0.05) is 6.92 Å². The van der Waals surface area contributed by atoms with Gasteiger partial charge in [-0.3, -0.25) is 4.79 Å². The summed E-state index contributed by atoms with van der Waals surface area (Å²) < 4.78 is 0. The van der Waals surface area contributed by atoms with E-state index in [0.717, 1.165) is 0 Å². The Bertz CT molecular complexity index is 211. The minimum Gasteiger partial charge on any atom is -0.394 e. The lowest BCUT2D eigenvalue weighted by atomic mass is 9.85. The second-order valence-electron chi connectivity index (χ2n) is 4.32. The molecule has 2 aliphatic rings. The van der Waals surface area contributed by atoms with Crippen molar-refractivity contribution in [1.82, 2.24) is 5.32 Å². The largest absolute Gasteiger partial charge is 0.394 e. The van der Waals surface area contributed by atoms with Gasteiger partial charge in [-0.25, -0.2) is 0 Å². The molecule has 1 aliphatic heterocycles. The summed E-state index contributed by atoms with van der Waals surface area (Å²) in [5.41, 5.74) is 0.340. The van der Waals surface area contributed by atoms with Gasteiger partial charge in [0, 0.05) is 6.42 Å². The molecule has 12 heavy (non-hydrogen) atoms. The summed E-state index contributed by atoms with van der Waals surface area (Å²) in [6.07, 6.45) is 3.04. The van der Waals surface area contributed by atoms with Crippen LogP contribution in [0.4, 0.5) is 0 Å². The molecule has 0 aromatic rings. The highest BCUT2D eigenvalue weighted by Gasteiger charge is 2.51. The highest BCUT2D eigenvalue weighted by molar-refractivity contribution is 5.79. The first kappa shape index (κ1) is 8.05. The van der Waals surface area contributed by atoms with Crippen molar-refractivity contribution in [2.24, 2.45) is 11.3 Å². The molecule has 1 saturated heterocycles. The molecule has 2 atom stereocenters. The van der Waals surface area contributed by atoms with Crippen molar-refractivity contribution in [3.63, 3.8) is 0 Å². The van der Waals surface area contributed by atoms with E-state index >= 15 is 0 Å². The van der Waals surface area contributed by atoms with Crippen LogP contribution in [-0.4, -0.2) is 23.7 Å². The zero-order valence-electron chi connectivity index (χ0n) is 7.34. The van der Waals surface area contributed by atoms with Crippen LogP contribution in [0.5, 0.6) is 0 Å². The molecular weight excluding hydrogens is 154 g/mol. The minimum atomic E-state index is 0.0185. The summed E-state index contributed by atoms with van der Waals surface area (Å²) in [5, 5.41) is 11.8. The fourth-order valence-electron chi connectivity index (χ4n) is 2.18. The molecule has 0 aromatic heterocycles. The zero-order valence-corrected chi connectivity index (χ0v) is 7.34. The number of amides is 1. The van der Waals surface area contributed by atoms with Crippen LogP contribution in [0.25, 0.3) is 0 Å². The van der Waals surface area contributed by atoms with Crippen LogP contribution in [0.1, 0.15) is 26.2 Å². The lowest BCUT2D eigenvalue weighted by Crippen LogP contribution is -2.35. The van der Waals surface area contributed by atoms with Gasteiger partial charge >= 0.3 is 0 Å². The number of hydrogen-bond acceptors (Lipinski definition) is 2. The first-order valence-corrected chi connectivity index (χ1v) is 4.56. The molecule has 0 spiro atoms. The van der Waals surface area contributed by atoms with Crippen LogP contribution in [0.2, 0.25) is 0 Å². The second-order valence-corrected chi connectivity index (χ2v) is 4.32. The molecule has 3 nitrogen and oxygen atoms in total. The van der Waals surface area contributed by atoms with Gasteiger partial charge < -0.3 is 10.4 Å². The highest BCUT2D eigenvalue weighted by Crippen LogP contribution is 2.54. The van der Waals surface area contributed by atoms with Gasteiger partial charge in [0.2, 0.25) is 5.91 Å². The quantitative estimate of drug-likeness (QED) is 0.624. The summed E-state index contributed by atoms with van der Waals surface area (Å²) >= 11 is 0. The first-order valence-electron chi connectivity index (χ1n) is 4.56. The Hall–Kier alpha value is -0.570. The molecule has 0 aromatic carbocycles. The lowest BCUT2D eigenvalue weighted by Gasteiger charge is -2.22. The molecule has 0 bridgehead atoms. The predicted octanol–water partition coefficient (Wildman–Crippen LogP) is 0.283. The van der Waals surface area contributed by atoms with Crippen LogP contribution < -0.4 is 5.32 Å². The van der Waals surface area contributed by atoms with Crippen molar-refractivity contribution in [3.05, 3.63) is 0 Å². The van der Waals surface area contributed by atoms with E-state index in [1.165, 1.54) is 12.8 Å². The number of carbonyl (C=O) groups excluding carboxylic acids is 1. The molecule has 1 amide bonds. The monoisotopic (exact) mass is 169 g/mol. The number of hydrogen-bond donors (Lipinski definition) is 2. The third kappa shape index (κ3) is 1.12. The summed E-state index contributed by atoms with van der Waals surface area (Å²) in [4.78, 5) is 11.1. The van der Waals surface area contributed by atoms with Gasteiger partial charge in [0.05, 0.1) is 12.6 Å². The smallest absolute Gasteiger partial charge is 0.220 e. The Kier molecular flexibility index (Phi) is 1.65. The van der Waals surface area contributed by atoms with Crippen molar-refractivity contribution in [2.45, 2.75) is 32.2 Å². The Morgan fingerprint density at radius 3 is 2.83 bits per heavy atom. The third-order valence-electron chi connectivity index (χ3n) is 3.37. The van der Waals surface area contributed by atoms with Crippen molar-refractivity contribution >= 4 is 5.91 Å². The number of nitrogens with one attached hydrogen (secondary N) is 1. The number of carbonyl (C=O) groups is 1. The van der Waals surface area contributed by atoms with Gasteiger partial charge in [-0.2, -0.15) is 0 Å². The minimum absolute atomic E-state index is 0.0185. The van der Waals surface area contributed by atoms with Crippen LogP contribution in [0.3, 0.4) is 0 Å². The highest BCUT2D eigenvalue weighted by atomic mass is 16.3. The van der Waals surface area contributed by atoms with Gasteiger partial charge in [0.25, 0.3) is 0 Å². The molecule has 0 radical (unpaired) electrons. The summed E-state index contributed by atoms with van der Waals surface area (Å²) in [7, 11) is 0. The molecule has 68 valence electrons. The van der Waals surface area contributed by atoms with Crippen molar-refractivity contribution in [1.29, 1.82) is 0 Å². The van der Waals surface area contributed by atoms with E-state index in [9.17, 15) is 4.79 Å². The molecule has 1 unspecified atom stereocenters. The van der Waals surface area contributed by atoms with Crippen LogP contribution in [-0.2, 0) is 4.79 Å². The Balaban J connectivity index is 2.08. The Morgan fingerprint density at radius 1 is 1.67 bits per heavy atom. The van der Waals surface area contributed by atoms with Gasteiger partial charge in [0.15, 0.2) is 0 Å². The molecule has 3 heteroatoms. The molecule has 1 aliphatic carbocycles. The normalized spacial score (nSPS) is 38.0. The molecule has 1 heterocycles. The van der Waals surface area contributed by atoms with Crippen molar-refractivity contribution < 1.29 is 9.90 Å². The van der Waals surface area contributed by atoms with Gasteiger partial charge in [0.1, 0.15) is 0 Å². The van der Waals surface area contributed by atoms with E-state index in [-0.39, 0.29) is 18.6 Å². The second kappa shape index (κ2) is 2.46. The van der Waals surface area contributed by atoms with Crippen molar-refractivity contribution in [2.75, 3.05) is 6.61 Å². The summed E-state index contributed by atoms with van der Waals surface area (Å²) in [6.45, 7) is 2.30. The number of rotatable bonds is 2. The van der Waals surface area contributed by atoms with Gasteiger partial charge in [-0.15, -0.1) is 0 Å². The fourth-order valence-corrected chi connectivity index (χ4v) is 2.18. The van der Waals surface area contributed by atoms with Gasteiger partial charge in [-0.05, 0) is 24.2 Å². The van der Waals surface area contributed by atoms with E-state index < -0.39 is 0 Å².